The number of aliphatic carboxylic acids is 1. The summed E-state index contributed by atoms with van der Waals surface area (Å²) < 4.78 is 10.7. The molecule has 1 fully saturated rings. The first-order valence-corrected chi connectivity index (χ1v) is 7.45. The molecule has 124 valence electrons. The highest BCUT2D eigenvalue weighted by atomic mass is 16.5. The number of carboxylic acid groups (broad SMARTS) is 1. The van der Waals surface area contributed by atoms with Crippen molar-refractivity contribution >= 4 is 11.9 Å². The molecule has 3 rings (SSSR count). The van der Waals surface area contributed by atoms with E-state index in [1.54, 1.807) is 48.8 Å². The number of amides is 1. The number of carbonyl (C=O) groups excluding carboxylic acids is 1. The number of carboxylic acids is 1. The van der Waals surface area contributed by atoms with Crippen molar-refractivity contribution in [1.82, 2.24) is 9.88 Å². The Balaban J connectivity index is 1.66. The van der Waals surface area contributed by atoms with Crippen LogP contribution in [0.3, 0.4) is 0 Å². The summed E-state index contributed by atoms with van der Waals surface area (Å²) >= 11 is 0. The van der Waals surface area contributed by atoms with Crippen molar-refractivity contribution in [2.45, 2.75) is 6.10 Å². The Morgan fingerprint density at radius 3 is 2.67 bits per heavy atom. The topological polar surface area (TPSA) is 89.0 Å². The molecule has 1 atom stereocenters. The molecule has 1 saturated heterocycles. The average Bonchev–Trinajstić information content (AvgIpc) is 2.63. The van der Waals surface area contributed by atoms with Crippen molar-refractivity contribution in [3.8, 4) is 11.5 Å². The molecule has 0 aliphatic carbocycles. The summed E-state index contributed by atoms with van der Waals surface area (Å²) in [5, 5.41) is 9.00. The number of rotatable bonds is 4. The molecule has 2 aromatic rings. The minimum atomic E-state index is -1.06. The normalized spacial score (nSPS) is 17.3. The quantitative estimate of drug-likeness (QED) is 0.920. The summed E-state index contributed by atoms with van der Waals surface area (Å²) in [5.74, 6) is -0.0933. The SMILES string of the molecule is O=C(O)[C@H]1CN(C(=O)c2ccc(Oc3cccnc3)cc2)CCO1. The van der Waals surface area contributed by atoms with Crippen LogP contribution in [-0.2, 0) is 9.53 Å². The number of morpholine rings is 1. The van der Waals surface area contributed by atoms with Gasteiger partial charge in [-0.2, -0.15) is 0 Å². The minimum Gasteiger partial charge on any atom is -0.479 e. The van der Waals surface area contributed by atoms with Crippen LogP contribution in [0.5, 0.6) is 11.5 Å². The van der Waals surface area contributed by atoms with Crippen LogP contribution in [0.1, 0.15) is 10.4 Å². The van der Waals surface area contributed by atoms with E-state index >= 15 is 0 Å². The molecule has 0 radical (unpaired) electrons. The predicted molar refractivity (Wildman–Crippen MR) is 84.0 cm³/mol. The van der Waals surface area contributed by atoms with Crippen LogP contribution in [-0.4, -0.2) is 52.7 Å². The molecule has 1 amide bonds. The average molecular weight is 328 g/mol. The van der Waals surface area contributed by atoms with Crippen molar-refractivity contribution in [3.63, 3.8) is 0 Å². The summed E-state index contributed by atoms with van der Waals surface area (Å²) in [6.45, 7) is 0.629. The predicted octanol–water partition coefficient (Wildman–Crippen LogP) is 1.80. The molecule has 24 heavy (non-hydrogen) atoms. The Bertz CT molecular complexity index is 718. The van der Waals surface area contributed by atoms with Crippen LogP contribution >= 0.6 is 0 Å². The van der Waals surface area contributed by atoms with E-state index in [1.807, 2.05) is 0 Å². The van der Waals surface area contributed by atoms with Gasteiger partial charge in [-0.15, -0.1) is 0 Å². The van der Waals surface area contributed by atoms with Gasteiger partial charge in [0.2, 0.25) is 0 Å². The third-order valence-electron chi connectivity index (χ3n) is 3.60. The molecule has 7 heteroatoms. The minimum absolute atomic E-state index is 0.0438. The highest BCUT2D eigenvalue weighted by Crippen LogP contribution is 2.21. The lowest BCUT2D eigenvalue weighted by Crippen LogP contribution is -2.48. The summed E-state index contributed by atoms with van der Waals surface area (Å²) in [5.41, 5.74) is 0.472. The van der Waals surface area contributed by atoms with Crippen molar-refractivity contribution in [2.24, 2.45) is 0 Å². The standard InChI is InChI=1S/C17H16N2O5/c20-16(19-8-9-23-15(11-19)17(21)22)12-3-5-13(6-4-12)24-14-2-1-7-18-10-14/h1-7,10,15H,8-9,11H2,(H,21,22)/t15-/m1/s1. The van der Waals surface area contributed by atoms with Gasteiger partial charge in [0.15, 0.2) is 6.10 Å². The number of hydrogen-bond acceptors (Lipinski definition) is 5. The van der Waals surface area contributed by atoms with Crippen LogP contribution < -0.4 is 4.74 Å². The monoisotopic (exact) mass is 328 g/mol. The van der Waals surface area contributed by atoms with E-state index in [-0.39, 0.29) is 19.1 Å². The molecule has 0 bridgehead atoms. The zero-order valence-corrected chi connectivity index (χ0v) is 12.8. The maximum absolute atomic E-state index is 12.5. The third kappa shape index (κ3) is 3.69. The number of ether oxygens (including phenoxy) is 2. The number of carbonyl (C=O) groups is 2. The van der Waals surface area contributed by atoms with Crippen molar-refractivity contribution < 1.29 is 24.2 Å². The number of hydrogen-bond donors (Lipinski definition) is 1. The van der Waals surface area contributed by atoms with Gasteiger partial charge in [0.1, 0.15) is 11.5 Å². The molecule has 1 aromatic carbocycles. The zero-order chi connectivity index (χ0) is 16.9. The lowest BCUT2D eigenvalue weighted by Gasteiger charge is -2.30. The van der Waals surface area contributed by atoms with E-state index < -0.39 is 12.1 Å². The number of aromatic nitrogens is 1. The van der Waals surface area contributed by atoms with E-state index in [0.717, 1.165) is 0 Å². The van der Waals surface area contributed by atoms with E-state index in [0.29, 0.717) is 23.6 Å². The fraction of sp³-hybridized carbons (Fsp3) is 0.235. The highest BCUT2D eigenvalue weighted by molar-refractivity contribution is 5.94. The van der Waals surface area contributed by atoms with Gasteiger partial charge in [0.05, 0.1) is 19.3 Å². The van der Waals surface area contributed by atoms with Gasteiger partial charge in [0, 0.05) is 18.3 Å². The van der Waals surface area contributed by atoms with Crippen LogP contribution in [0, 0.1) is 0 Å². The van der Waals surface area contributed by atoms with Crippen LogP contribution in [0.25, 0.3) is 0 Å². The smallest absolute Gasteiger partial charge is 0.334 e. The molecule has 1 aromatic heterocycles. The lowest BCUT2D eigenvalue weighted by molar-refractivity contribution is -0.154. The Labute approximate surface area is 138 Å². The van der Waals surface area contributed by atoms with Gasteiger partial charge < -0.3 is 19.5 Å². The first-order chi connectivity index (χ1) is 11.6. The number of benzene rings is 1. The molecule has 7 nitrogen and oxygen atoms in total. The summed E-state index contributed by atoms with van der Waals surface area (Å²) in [6.07, 6.45) is 2.27. The summed E-state index contributed by atoms with van der Waals surface area (Å²) in [4.78, 5) is 28.9. The fourth-order valence-corrected chi connectivity index (χ4v) is 2.37. The molecule has 0 saturated carbocycles. The molecule has 2 heterocycles. The Morgan fingerprint density at radius 1 is 1.21 bits per heavy atom. The van der Waals surface area contributed by atoms with Crippen LogP contribution in [0.2, 0.25) is 0 Å². The van der Waals surface area contributed by atoms with E-state index in [2.05, 4.69) is 4.98 Å². The van der Waals surface area contributed by atoms with E-state index in [9.17, 15) is 9.59 Å². The van der Waals surface area contributed by atoms with Gasteiger partial charge >= 0.3 is 5.97 Å². The van der Waals surface area contributed by atoms with Crippen molar-refractivity contribution in [2.75, 3.05) is 19.7 Å². The molecule has 0 spiro atoms. The highest BCUT2D eigenvalue weighted by Gasteiger charge is 2.29. The molecular weight excluding hydrogens is 312 g/mol. The number of pyridine rings is 1. The Hall–Kier alpha value is -2.93. The first kappa shape index (κ1) is 15.9. The Morgan fingerprint density at radius 2 is 2.00 bits per heavy atom. The summed E-state index contributed by atoms with van der Waals surface area (Å²) in [7, 11) is 0. The van der Waals surface area contributed by atoms with Crippen molar-refractivity contribution in [3.05, 3.63) is 54.4 Å². The second-order valence-electron chi connectivity index (χ2n) is 5.26. The van der Waals surface area contributed by atoms with Crippen molar-refractivity contribution in [1.29, 1.82) is 0 Å². The van der Waals surface area contributed by atoms with E-state index in [1.165, 1.54) is 4.90 Å². The van der Waals surface area contributed by atoms with Gasteiger partial charge in [0.25, 0.3) is 5.91 Å². The van der Waals surface area contributed by atoms with Crippen LogP contribution in [0.15, 0.2) is 48.8 Å². The zero-order valence-electron chi connectivity index (χ0n) is 12.8. The van der Waals surface area contributed by atoms with Gasteiger partial charge in [-0.3, -0.25) is 9.78 Å². The fourth-order valence-electron chi connectivity index (χ4n) is 2.37. The summed E-state index contributed by atoms with van der Waals surface area (Å²) in [6, 6.07) is 10.2. The van der Waals surface area contributed by atoms with Gasteiger partial charge in [-0.25, -0.2) is 4.79 Å². The third-order valence-corrected chi connectivity index (χ3v) is 3.60. The molecular formula is C17H16N2O5. The number of nitrogens with zero attached hydrogens (tertiary/aromatic N) is 2. The first-order valence-electron chi connectivity index (χ1n) is 7.45. The lowest BCUT2D eigenvalue weighted by atomic mass is 10.1. The van der Waals surface area contributed by atoms with Crippen LogP contribution in [0.4, 0.5) is 0 Å². The van der Waals surface area contributed by atoms with Gasteiger partial charge in [-0.05, 0) is 36.4 Å². The second-order valence-corrected chi connectivity index (χ2v) is 5.26. The largest absolute Gasteiger partial charge is 0.479 e. The molecule has 1 aliphatic heterocycles. The molecule has 0 unspecified atom stereocenters. The molecule has 1 aliphatic rings. The molecule has 1 N–H and O–H groups in total. The Kier molecular flexibility index (Phi) is 4.72. The van der Waals surface area contributed by atoms with E-state index in [4.69, 9.17) is 14.6 Å². The second kappa shape index (κ2) is 7.10. The van der Waals surface area contributed by atoms with Gasteiger partial charge in [-0.1, -0.05) is 0 Å². The maximum Gasteiger partial charge on any atom is 0.334 e. The maximum atomic E-state index is 12.5.